The normalized spacial score (nSPS) is 28.7. The van der Waals surface area contributed by atoms with E-state index in [0.717, 1.165) is 6.29 Å². The monoisotopic (exact) mass is 198 g/mol. The van der Waals surface area contributed by atoms with Crippen molar-refractivity contribution >= 4 is 12.3 Å². The molecule has 0 amide bonds. The van der Waals surface area contributed by atoms with E-state index in [2.05, 4.69) is 6.58 Å². The molecule has 1 aliphatic rings. The summed E-state index contributed by atoms with van der Waals surface area (Å²) in [6.07, 6.45) is 1.26. The van der Waals surface area contributed by atoms with Gasteiger partial charge in [0.2, 0.25) is 0 Å². The lowest BCUT2D eigenvalue weighted by molar-refractivity contribution is -0.149. The van der Waals surface area contributed by atoms with Gasteiger partial charge in [0.15, 0.2) is 6.29 Å². The Balaban J connectivity index is 2.58. The average molecular weight is 198 g/mol. The highest BCUT2D eigenvalue weighted by Crippen LogP contribution is 2.30. The maximum Gasteiger partial charge on any atom is 0.303 e. The van der Waals surface area contributed by atoms with Gasteiger partial charge in [-0.05, 0) is 0 Å². The molecular formula is C10H14O4. The number of rotatable bonds is 5. The van der Waals surface area contributed by atoms with Crippen LogP contribution in [0.15, 0.2) is 12.7 Å². The summed E-state index contributed by atoms with van der Waals surface area (Å²) in [4.78, 5) is 21.2. The zero-order valence-electron chi connectivity index (χ0n) is 8.30. The average Bonchev–Trinajstić information content (AvgIpc) is 2.91. The van der Waals surface area contributed by atoms with Crippen LogP contribution in [-0.2, 0) is 19.1 Å². The summed E-state index contributed by atoms with van der Waals surface area (Å²) in [5.74, 6) is -0.391. The Morgan fingerprint density at radius 3 is 2.64 bits per heavy atom. The van der Waals surface area contributed by atoms with E-state index in [4.69, 9.17) is 9.47 Å². The lowest BCUT2D eigenvalue weighted by Gasteiger charge is -2.18. The summed E-state index contributed by atoms with van der Waals surface area (Å²) in [5.41, 5.74) is 0. The van der Waals surface area contributed by atoms with Gasteiger partial charge < -0.3 is 14.3 Å². The van der Waals surface area contributed by atoms with E-state index < -0.39 is 12.2 Å². The fourth-order valence-electron chi connectivity index (χ4n) is 1.31. The molecule has 0 unspecified atom stereocenters. The summed E-state index contributed by atoms with van der Waals surface area (Å²) in [5, 5.41) is 0. The molecule has 0 radical (unpaired) electrons. The van der Waals surface area contributed by atoms with Crippen molar-refractivity contribution in [3.63, 3.8) is 0 Å². The first-order chi connectivity index (χ1) is 6.60. The predicted molar refractivity (Wildman–Crippen MR) is 49.6 cm³/mol. The minimum atomic E-state index is -0.429. The standard InChI is InChI=1S/C10H14O4/c1-4-6(2)9(13-7(3)12)10-8(5-11)14-10/h4-6,8-10H,1H2,2-3H3/t6-,8-,9-,10-/m1/s1. The van der Waals surface area contributed by atoms with Gasteiger partial charge in [0.1, 0.15) is 18.3 Å². The van der Waals surface area contributed by atoms with Crippen molar-refractivity contribution in [3.05, 3.63) is 12.7 Å². The van der Waals surface area contributed by atoms with Crippen molar-refractivity contribution in [1.29, 1.82) is 0 Å². The van der Waals surface area contributed by atoms with E-state index in [1.807, 2.05) is 6.92 Å². The van der Waals surface area contributed by atoms with E-state index in [1.165, 1.54) is 6.92 Å². The van der Waals surface area contributed by atoms with E-state index in [-0.39, 0.29) is 18.0 Å². The molecule has 4 atom stereocenters. The number of carbonyl (C=O) groups is 2. The molecule has 0 N–H and O–H groups in total. The van der Waals surface area contributed by atoms with Crippen LogP contribution in [0.1, 0.15) is 13.8 Å². The first-order valence-electron chi connectivity index (χ1n) is 4.50. The van der Waals surface area contributed by atoms with Crippen LogP contribution in [0.4, 0.5) is 0 Å². The van der Waals surface area contributed by atoms with Gasteiger partial charge in [-0.1, -0.05) is 13.0 Å². The zero-order chi connectivity index (χ0) is 10.7. The minimum absolute atomic E-state index is 0.0196. The van der Waals surface area contributed by atoms with Crippen LogP contribution in [0.5, 0.6) is 0 Å². The molecule has 0 aromatic rings. The topological polar surface area (TPSA) is 55.9 Å². The third-order valence-electron chi connectivity index (χ3n) is 2.21. The molecule has 14 heavy (non-hydrogen) atoms. The Morgan fingerprint density at radius 1 is 1.64 bits per heavy atom. The molecule has 0 aromatic carbocycles. The van der Waals surface area contributed by atoms with Gasteiger partial charge in [-0.3, -0.25) is 4.79 Å². The highest BCUT2D eigenvalue weighted by atomic mass is 16.6. The van der Waals surface area contributed by atoms with Crippen LogP contribution in [0.2, 0.25) is 0 Å². The van der Waals surface area contributed by atoms with E-state index in [1.54, 1.807) is 6.08 Å². The highest BCUT2D eigenvalue weighted by molar-refractivity contribution is 5.67. The molecule has 0 aliphatic carbocycles. The van der Waals surface area contributed by atoms with E-state index in [9.17, 15) is 9.59 Å². The summed E-state index contributed by atoms with van der Waals surface area (Å²) in [7, 11) is 0. The maximum absolute atomic E-state index is 10.8. The molecule has 4 heteroatoms. The van der Waals surface area contributed by atoms with Crippen LogP contribution in [-0.4, -0.2) is 30.6 Å². The van der Waals surface area contributed by atoms with Gasteiger partial charge in [-0.2, -0.15) is 0 Å². The Kier molecular flexibility index (Phi) is 3.41. The van der Waals surface area contributed by atoms with Crippen molar-refractivity contribution in [1.82, 2.24) is 0 Å². The second-order valence-corrected chi connectivity index (χ2v) is 3.37. The van der Waals surface area contributed by atoms with Gasteiger partial charge in [-0.25, -0.2) is 0 Å². The molecule has 1 heterocycles. The van der Waals surface area contributed by atoms with Crippen LogP contribution in [0, 0.1) is 5.92 Å². The number of carbonyl (C=O) groups excluding carboxylic acids is 2. The van der Waals surface area contributed by atoms with Gasteiger partial charge in [-0.15, -0.1) is 6.58 Å². The fourth-order valence-corrected chi connectivity index (χ4v) is 1.31. The number of hydrogen-bond acceptors (Lipinski definition) is 4. The largest absolute Gasteiger partial charge is 0.459 e. The van der Waals surface area contributed by atoms with Crippen LogP contribution < -0.4 is 0 Å². The number of aldehydes is 1. The van der Waals surface area contributed by atoms with Crippen molar-refractivity contribution < 1.29 is 19.1 Å². The quantitative estimate of drug-likeness (QED) is 0.282. The summed E-state index contributed by atoms with van der Waals surface area (Å²) >= 11 is 0. The molecular weight excluding hydrogens is 184 g/mol. The van der Waals surface area contributed by atoms with Crippen molar-refractivity contribution in [3.8, 4) is 0 Å². The first-order valence-corrected chi connectivity index (χ1v) is 4.50. The number of epoxide rings is 1. The molecule has 1 rings (SSSR count). The molecule has 1 fully saturated rings. The SMILES string of the molecule is C=C[C@@H](C)[C@@H](OC(C)=O)[C@@H]1O[C@@H]1C=O. The Morgan fingerprint density at radius 2 is 2.29 bits per heavy atom. The lowest BCUT2D eigenvalue weighted by atomic mass is 10.0. The maximum atomic E-state index is 10.8. The smallest absolute Gasteiger partial charge is 0.303 e. The number of hydrogen-bond donors (Lipinski definition) is 0. The van der Waals surface area contributed by atoms with Crippen LogP contribution in [0.3, 0.4) is 0 Å². The molecule has 1 saturated heterocycles. The molecule has 0 saturated carbocycles. The van der Waals surface area contributed by atoms with Gasteiger partial charge in [0.25, 0.3) is 0 Å². The van der Waals surface area contributed by atoms with Gasteiger partial charge in [0.05, 0.1) is 0 Å². The second kappa shape index (κ2) is 4.37. The van der Waals surface area contributed by atoms with E-state index >= 15 is 0 Å². The third kappa shape index (κ3) is 2.42. The number of esters is 1. The van der Waals surface area contributed by atoms with Crippen molar-refractivity contribution in [2.75, 3.05) is 0 Å². The minimum Gasteiger partial charge on any atom is -0.459 e. The Labute approximate surface area is 82.9 Å². The zero-order valence-corrected chi connectivity index (χ0v) is 8.30. The number of ether oxygens (including phenoxy) is 2. The van der Waals surface area contributed by atoms with E-state index in [0.29, 0.717) is 0 Å². The Hall–Kier alpha value is -1.16. The summed E-state index contributed by atoms with van der Waals surface area (Å²) < 4.78 is 10.1. The molecule has 0 bridgehead atoms. The predicted octanol–water partition coefficient (Wildman–Crippen LogP) is 0.706. The summed E-state index contributed by atoms with van der Waals surface area (Å²) in [6, 6.07) is 0. The molecule has 0 aromatic heterocycles. The second-order valence-electron chi connectivity index (χ2n) is 3.37. The van der Waals surface area contributed by atoms with Crippen molar-refractivity contribution in [2.24, 2.45) is 5.92 Å². The van der Waals surface area contributed by atoms with Crippen LogP contribution >= 0.6 is 0 Å². The first kappa shape index (κ1) is 10.9. The van der Waals surface area contributed by atoms with Gasteiger partial charge >= 0.3 is 5.97 Å². The molecule has 4 nitrogen and oxygen atoms in total. The molecule has 0 spiro atoms. The van der Waals surface area contributed by atoms with Crippen molar-refractivity contribution in [2.45, 2.75) is 32.2 Å². The summed E-state index contributed by atoms with van der Waals surface area (Å²) in [6.45, 7) is 6.81. The molecule has 78 valence electrons. The molecule has 1 aliphatic heterocycles. The highest BCUT2D eigenvalue weighted by Gasteiger charge is 2.48. The van der Waals surface area contributed by atoms with Crippen LogP contribution in [0.25, 0.3) is 0 Å². The Bertz CT molecular complexity index is 249. The fraction of sp³-hybridized carbons (Fsp3) is 0.600. The third-order valence-corrected chi connectivity index (χ3v) is 2.21. The van der Waals surface area contributed by atoms with Gasteiger partial charge in [0, 0.05) is 12.8 Å². The lowest BCUT2D eigenvalue weighted by Crippen LogP contribution is -2.30.